The number of anilines is 1. The van der Waals surface area contributed by atoms with E-state index in [1.807, 2.05) is 0 Å². The fourth-order valence-electron chi connectivity index (χ4n) is 1.92. The topological polar surface area (TPSA) is 82.8 Å². The zero-order valence-corrected chi connectivity index (χ0v) is 11.8. The Morgan fingerprint density at radius 3 is 2.67 bits per heavy atom. The highest BCUT2D eigenvalue weighted by molar-refractivity contribution is 5.95. The van der Waals surface area contributed by atoms with Crippen molar-refractivity contribution in [3.63, 3.8) is 0 Å². The summed E-state index contributed by atoms with van der Waals surface area (Å²) in [7, 11) is 1.63. The van der Waals surface area contributed by atoms with Crippen molar-refractivity contribution in [2.75, 3.05) is 12.4 Å². The van der Waals surface area contributed by atoms with Gasteiger partial charge in [0, 0.05) is 12.7 Å². The molecule has 0 radical (unpaired) electrons. The van der Waals surface area contributed by atoms with Gasteiger partial charge >= 0.3 is 12.0 Å². The van der Waals surface area contributed by atoms with Crippen LogP contribution in [0.15, 0.2) is 41.0 Å². The van der Waals surface area contributed by atoms with Crippen LogP contribution in [0.1, 0.15) is 21.7 Å². The number of amides is 2. The minimum Gasteiger partial charge on any atom is -0.478 e. The zero-order chi connectivity index (χ0) is 15.4. The van der Waals surface area contributed by atoms with E-state index >= 15 is 0 Å². The third-order valence-electron chi connectivity index (χ3n) is 3.13. The van der Waals surface area contributed by atoms with Crippen molar-refractivity contribution in [3.8, 4) is 0 Å². The molecule has 2 amide bonds. The number of aromatic carboxylic acids is 1. The summed E-state index contributed by atoms with van der Waals surface area (Å²) in [5.41, 5.74) is 1.16. The molecule has 0 spiro atoms. The maximum absolute atomic E-state index is 12.1. The lowest BCUT2D eigenvalue weighted by Gasteiger charge is -2.18. The van der Waals surface area contributed by atoms with E-state index in [-0.39, 0.29) is 11.6 Å². The molecular weight excluding hydrogens is 272 g/mol. The van der Waals surface area contributed by atoms with E-state index in [1.54, 1.807) is 44.5 Å². The van der Waals surface area contributed by atoms with Crippen molar-refractivity contribution in [2.24, 2.45) is 0 Å². The van der Waals surface area contributed by atoms with Crippen molar-refractivity contribution in [3.05, 3.63) is 53.5 Å². The number of urea groups is 1. The molecule has 110 valence electrons. The number of hydrogen-bond acceptors (Lipinski definition) is 3. The van der Waals surface area contributed by atoms with Gasteiger partial charge in [0.15, 0.2) is 0 Å². The van der Waals surface area contributed by atoms with E-state index in [1.165, 1.54) is 11.0 Å². The molecule has 6 heteroatoms. The Kier molecular flexibility index (Phi) is 4.27. The summed E-state index contributed by atoms with van der Waals surface area (Å²) in [5, 5.41) is 11.8. The van der Waals surface area contributed by atoms with Crippen LogP contribution in [0.3, 0.4) is 0 Å². The van der Waals surface area contributed by atoms with Gasteiger partial charge in [0.05, 0.1) is 18.4 Å². The van der Waals surface area contributed by atoms with Crippen LogP contribution in [0.5, 0.6) is 0 Å². The van der Waals surface area contributed by atoms with Gasteiger partial charge in [-0.05, 0) is 36.8 Å². The first kappa shape index (κ1) is 14.6. The van der Waals surface area contributed by atoms with Crippen molar-refractivity contribution in [1.29, 1.82) is 0 Å². The Morgan fingerprint density at radius 1 is 1.29 bits per heavy atom. The lowest BCUT2D eigenvalue weighted by molar-refractivity contribution is 0.0696. The molecule has 0 unspecified atom stereocenters. The first-order valence-corrected chi connectivity index (χ1v) is 6.36. The van der Waals surface area contributed by atoms with E-state index in [9.17, 15) is 9.59 Å². The van der Waals surface area contributed by atoms with Gasteiger partial charge in [-0.1, -0.05) is 6.07 Å². The number of hydrogen-bond donors (Lipinski definition) is 2. The van der Waals surface area contributed by atoms with Crippen LogP contribution in [0.2, 0.25) is 0 Å². The van der Waals surface area contributed by atoms with Crippen molar-refractivity contribution in [2.45, 2.75) is 13.5 Å². The number of carboxylic acid groups (broad SMARTS) is 1. The first-order valence-electron chi connectivity index (χ1n) is 6.36. The van der Waals surface area contributed by atoms with Crippen LogP contribution in [0.4, 0.5) is 10.5 Å². The second kappa shape index (κ2) is 6.13. The Hall–Kier alpha value is -2.76. The highest BCUT2D eigenvalue weighted by atomic mass is 16.4. The molecule has 0 atom stereocenters. The number of carbonyl (C=O) groups is 2. The van der Waals surface area contributed by atoms with Gasteiger partial charge in [0.2, 0.25) is 0 Å². The van der Waals surface area contributed by atoms with Gasteiger partial charge in [-0.3, -0.25) is 0 Å². The van der Waals surface area contributed by atoms with Crippen LogP contribution in [0.25, 0.3) is 0 Å². The summed E-state index contributed by atoms with van der Waals surface area (Å²) in [4.78, 5) is 24.6. The highest BCUT2D eigenvalue weighted by Crippen LogP contribution is 2.19. The third-order valence-corrected chi connectivity index (χ3v) is 3.13. The molecule has 0 aliphatic heterocycles. The smallest absolute Gasteiger partial charge is 0.336 e. The molecule has 2 aromatic rings. The largest absolute Gasteiger partial charge is 0.478 e. The molecule has 6 nitrogen and oxygen atoms in total. The molecule has 0 bridgehead atoms. The standard InChI is InChI=1S/C15H16N2O4/c1-10-12(14(18)19)6-3-7-13(10)16-15(20)17(2)9-11-5-4-8-21-11/h3-8H,9H2,1-2H3,(H,16,20)(H,18,19). The quantitative estimate of drug-likeness (QED) is 0.906. The van der Waals surface area contributed by atoms with Crippen molar-refractivity contribution in [1.82, 2.24) is 4.90 Å². The molecule has 1 aromatic heterocycles. The van der Waals surface area contributed by atoms with Crippen LogP contribution in [-0.4, -0.2) is 29.1 Å². The molecule has 2 rings (SSSR count). The van der Waals surface area contributed by atoms with Crippen LogP contribution in [0, 0.1) is 6.92 Å². The Morgan fingerprint density at radius 2 is 2.05 bits per heavy atom. The van der Waals surface area contributed by atoms with E-state index in [2.05, 4.69) is 5.32 Å². The summed E-state index contributed by atoms with van der Waals surface area (Å²) < 4.78 is 5.18. The predicted molar refractivity (Wildman–Crippen MR) is 77.3 cm³/mol. The van der Waals surface area contributed by atoms with Gasteiger partial charge in [-0.2, -0.15) is 0 Å². The molecule has 0 aliphatic rings. The molecule has 2 N–H and O–H groups in total. The molecule has 21 heavy (non-hydrogen) atoms. The molecule has 0 fully saturated rings. The van der Waals surface area contributed by atoms with E-state index in [0.29, 0.717) is 23.6 Å². The average Bonchev–Trinajstić information content (AvgIpc) is 2.93. The molecule has 1 heterocycles. The number of furan rings is 1. The third kappa shape index (κ3) is 3.42. The summed E-state index contributed by atoms with van der Waals surface area (Å²) in [6.07, 6.45) is 1.54. The number of carbonyl (C=O) groups excluding carboxylic acids is 1. The molecule has 0 aliphatic carbocycles. The first-order chi connectivity index (χ1) is 9.99. The van der Waals surface area contributed by atoms with Gasteiger partial charge in [0.25, 0.3) is 0 Å². The van der Waals surface area contributed by atoms with Crippen molar-refractivity contribution < 1.29 is 19.1 Å². The van der Waals surface area contributed by atoms with E-state index in [0.717, 1.165) is 0 Å². The summed E-state index contributed by atoms with van der Waals surface area (Å²) in [5.74, 6) is -0.351. The van der Waals surface area contributed by atoms with Gasteiger partial charge in [-0.25, -0.2) is 9.59 Å². The fourth-order valence-corrected chi connectivity index (χ4v) is 1.92. The second-order valence-corrected chi connectivity index (χ2v) is 4.65. The highest BCUT2D eigenvalue weighted by Gasteiger charge is 2.15. The zero-order valence-electron chi connectivity index (χ0n) is 11.8. The molecule has 0 saturated carbocycles. The van der Waals surface area contributed by atoms with E-state index < -0.39 is 5.97 Å². The van der Waals surface area contributed by atoms with Crippen LogP contribution in [-0.2, 0) is 6.54 Å². The lowest BCUT2D eigenvalue weighted by atomic mass is 10.1. The van der Waals surface area contributed by atoms with Gasteiger partial charge < -0.3 is 19.7 Å². The molecule has 1 aromatic carbocycles. The van der Waals surface area contributed by atoms with Gasteiger partial charge in [0.1, 0.15) is 5.76 Å². The maximum Gasteiger partial charge on any atom is 0.336 e. The number of carboxylic acids is 1. The maximum atomic E-state index is 12.1. The average molecular weight is 288 g/mol. The summed E-state index contributed by atoms with van der Waals surface area (Å²) >= 11 is 0. The molecular formula is C15H16N2O4. The lowest BCUT2D eigenvalue weighted by Crippen LogP contribution is -2.31. The number of rotatable bonds is 4. The number of nitrogens with zero attached hydrogens (tertiary/aromatic N) is 1. The van der Waals surface area contributed by atoms with Crippen LogP contribution < -0.4 is 5.32 Å². The fraction of sp³-hybridized carbons (Fsp3) is 0.200. The number of benzene rings is 1. The van der Waals surface area contributed by atoms with Crippen molar-refractivity contribution >= 4 is 17.7 Å². The normalized spacial score (nSPS) is 10.2. The Labute approximate surface area is 122 Å². The van der Waals surface area contributed by atoms with E-state index in [4.69, 9.17) is 9.52 Å². The molecule has 0 saturated heterocycles. The van der Waals surface area contributed by atoms with Gasteiger partial charge in [-0.15, -0.1) is 0 Å². The SMILES string of the molecule is Cc1c(NC(=O)N(C)Cc2ccco2)cccc1C(=O)O. The minimum atomic E-state index is -1.02. The second-order valence-electron chi connectivity index (χ2n) is 4.65. The summed E-state index contributed by atoms with van der Waals surface area (Å²) in [6, 6.07) is 7.96. The number of nitrogens with one attached hydrogen (secondary N) is 1. The predicted octanol–water partition coefficient (Wildman–Crippen LogP) is 2.95. The summed E-state index contributed by atoms with van der Waals surface area (Å²) in [6.45, 7) is 1.99. The monoisotopic (exact) mass is 288 g/mol. The minimum absolute atomic E-state index is 0.168. The van der Waals surface area contributed by atoms with Crippen LogP contribution >= 0.6 is 0 Å². The Bertz CT molecular complexity index is 650. The Balaban J connectivity index is 2.09.